The maximum Gasteiger partial charge on any atom is 0.208 e. The number of hydrogen-bond acceptors (Lipinski definition) is 8. The summed E-state index contributed by atoms with van der Waals surface area (Å²) in [5.74, 6) is 3.29. The zero-order valence-electron chi connectivity index (χ0n) is 16.6. The predicted molar refractivity (Wildman–Crippen MR) is 121 cm³/mol. The van der Waals surface area contributed by atoms with E-state index in [1.165, 1.54) is 23.3 Å². The van der Waals surface area contributed by atoms with Gasteiger partial charge in [-0.05, 0) is 30.2 Å². The second-order valence-electron chi connectivity index (χ2n) is 6.94. The van der Waals surface area contributed by atoms with Crippen LogP contribution in [0.5, 0.6) is 11.5 Å². The molecule has 152 valence electrons. The molecule has 4 aromatic rings. The van der Waals surface area contributed by atoms with Crippen LogP contribution >= 0.6 is 23.3 Å². The van der Waals surface area contributed by atoms with Gasteiger partial charge in [0.05, 0.1) is 0 Å². The van der Waals surface area contributed by atoms with Gasteiger partial charge in [-0.2, -0.15) is 4.37 Å². The van der Waals surface area contributed by atoms with E-state index in [4.69, 9.17) is 4.74 Å². The van der Waals surface area contributed by atoms with Crippen molar-refractivity contribution in [2.24, 2.45) is 5.92 Å². The number of nitrogens with zero attached hydrogens (tertiary/aromatic N) is 4. The Morgan fingerprint density at radius 3 is 2.67 bits per heavy atom. The number of rotatable bonds is 8. The molecule has 0 unspecified atom stereocenters. The highest BCUT2D eigenvalue weighted by atomic mass is 32.2. The lowest BCUT2D eigenvalue weighted by molar-refractivity contribution is 0.481. The molecular weight excluding hydrogens is 414 g/mol. The molecule has 0 radical (unpaired) electrons. The van der Waals surface area contributed by atoms with Gasteiger partial charge in [0.1, 0.15) is 16.6 Å². The van der Waals surface area contributed by atoms with Crippen LogP contribution in [0.1, 0.15) is 19.7 Å². The van der Waals surface area contributed by atoms with Crippen molar-refractivity contribution in [2.75, 3.05) is 5.32 Å². The first kappa shape index (κ1) is 20.3. The predicted octanol–water partition coefficient (Wildman–Crippen LogP) is 6.21. The Balaban J connectivity index is 1.60. The number of hydrogen-bond donors (Lipinski definition) is 1. The van der Waals surface area contributed by atoms with Crippen molar-refractivity contribution in [3.8, 4) is 11.5 Å². The van der Waals surface area contributed by atoms with E-state index in [9.17, 15) is 0 Å². The maximum absolute atomic E-state index is 6.13. The quantitative estimate of drug-likeness (QED) is 0.352. The molecule has 0 fully saturated rings. The van der Waals surface area contributed by atoms with Gasteiger partial charge in [-0.25, -0.2) is 15.0 Å². The lowest BCUT2D eigenvalue weighted by Gasteiger charge is -2.12. The summed E-state index contributed by atoms with van der Waals surface area (Å²) in [4.78, 5) is 14.5. The van der Waals surface area contributed by atoms with E-state index in [2.05, 4.69) is 38.5 Å². The Labute approximate surface area is 184 Å². The Morgan fingerprint density at radius 2 is 1.90 bits per heavy atom. The molecule has 0 saturated heterocycles. The molecule has 0 atom stereocenters. The number of anilines is 2. The van der Waals surface area contributed by atoms with E-state index in [-0.39, 0.29) is 0 Å². The van der Waals surface area contributed by atoms with Crippen LogP contribution in [0.15, 0.2) is 76.9 Å². The molecule has 3 heterocycles. The number of ether oxygens (including phenoxy) is 1. The average molecular weight is 436 g/mol. The zero-order chi connectivity index (χ0) is 20.8. The van der Waals surface area contributed by atoms with Gasteiger partial charge in [0.15, 0.2) is 11.6 Å². The van der Waals surface area contributed by atoms with Crippen LogP contribution in [-0.4, -0.2) is 19.3 Å². The summed E-state index contributed by atoms with van der Waals surface area (Å²) in [6, 6.07) is 17.4. The summed E-state index contributed by atoms with van der Waals surface area (Å²) in [6.07, 6.45) is 4.42. The van der Waals surface area contributed by atoms with E-state index in [1.807, 2.05) is 54.6 Å². The Morgan fingerprint density at radius 1 is 1.07 bits per heavy atom. The fraction of sp³-hybridized carbons (Fsp3) is 0.182. The van der Waals surface area contributed by atoms with Gasteiger partial charge in [-0.15, -0.1) is 0 Å². The largest absolute Gasteiger partial charge is 0.453 e. The van der Waals surface area contributed by atoms with E-state index in [1.54, 1.807) is 12.4 Å². The first-order valence-electron chi connectivity index (χ1n) is 9.57. The van der Waals surface area contributed by atoms with Crippen LogP contribution in [0.2, 0.25) is 0 Å². The van der Waals surface area contributed by atoms with E-state index < -0.39 is 0 Å². The summed E-state index contributed by atoms with van der Waals surface area (Å²) in [6.45, 7) is 4.30. The molecule has 1 aromatic carbocycles. The van der Waals surface area contributed by atoms with E-state index in [0.717, 1.165) is 27.9 Å². The Kier molecular flexibility index (Phi) is 6.56. The lowest BCUT2D eigenvalue weighted by Crippen LogP contribution is -1.99. The molecule has 4 rings (SSSR count). The summed E-state index contributed by atoms with van der Waals surface area (Å²) in [7, 11) is 0. The number of aromatic nitrogens is 4. The van der Waals surface area contributed by atoms with Gasteiger partial charge in [-0.3, -0.25) is 0 Å². The molecule has 0 spiro atoms. The normalized spacial score (nSPS) is 10.9. The first-order chi connectivity index (χ1) is 14.7. The van der Waals surface area contributed by atoms with Crippen molar-refractivity contribution in [3.63, 3.8) is 0 Å². The summed E-state index contributed by atoms with van der Waals surface area (Å²) < 4.78 is 10.6. The number of nitrogens with one attached hydrogen (secondary N) is 1. The topological polar surface area (TPSA) is 72.8 Å². The molecule has 6 nitrogen and oxygen atoms in total. The molecule has 0 aliphatic heterocycles. The van der Waals surface area contributed by atoms with Crippen LogP contribution in [-0.2, 0) is 6.42 Å². The average Bonchev–Trinajstić information content (AvgIpc) is 3.17. The smallest absolute Gasteiger partial charge is 0.208 e. The highest BCUT2D eigenvalue weighted by Gasteiger charge is 2.13. The molecule has 0 amide bonds. The van der Waals surface area contributed by atoms with Gasteiger partial charge >= 0.3 is 0 Å². The molecule has 30 heavy (non-hydrogen) atoms. The van der Waals surface area contributed by atoms with Crippen molar-refractivity contribution >= 4 is 34.2 Å². The number of benzene rings is 1. The van der Waals surface area contributed by atoms with Crippen molar-refractivity contribution in [3.05, 3.63) is 72.8 Å². The van der Waals surface area contributed by atoms with Gasteiger partial charge in [-0.1, -0.05) is 49.9 Å². The molecule has 8 heteroatoms. The fourth-order valence-corrected chi connectivity index (χ4v) is 4.02. The summed E-state index contributed by atoms with van der Waals surface area (Å²) >= 11 is 2.86. The van der Waals surface area contributed by atoms with Gasteiger partial charge in [0.25, 0.3) is 0 Å². The Bertz CT molecular complexity index is 1090. The SMILES string of the molecule is CC(C)Cc1nsc(Nc2ncc(Sc3ccccn3)cc2Oc2ccccc2)n1. The third kappa shape index (κ3) is 5.55. The molecule has 0 aliphatic carbocycles. The van der Waals surface area contributed by atoms with Crippen LogP contribution < -0.4 is 10.1 Å². The molecule has 3 aromatic heterocycles. The highest BCUT2D eigenvalue weighted by Crippen LogP contribution is 2.35. The van der Waals surface area contributed by atoms with Crippen LogP contribution in [0, 0.1) is 5.92 Å². The maximum atomic E-state index is 6.13. The van der Waals surface area contributed by atoms with E-state index >= 15 is 0 Å². The minimum Gasteiger partial charge on any atom is -0.453 e. The molecule has 0 bridgehead atoms. The van der Waals surface area contributed by atoms with Crippen molar-refractivity contribution in [1.82, 2.24) is 19.3 Å². The van der Waals surface area contributed by atoms with Gasteiger partial charge < -0.3 is 10.1 Å². The molecule has 0 saturated carbocycles. The van der Waals surface area contributed by atoms with Crippen molar-refractivity contribution < 1.29 is 4.74 Å². The third-order valence-electron chi connectivity index (χ3n) is 3.94. The van der Waals surface area contributed by atoms with Crippen LogP contribution in [0.3, 0.4) is 0 Å². The van der Waals surface area contributed by atoms with Gasteiger partial charge in [0, 0.05) is 41.3 Å². The lowest BCUT2D eigenvalue weighted by atomic mass is 10.1. The van der Waals surface area contributed by atoms with Crippen LogP contribution in [0.25, 0.3) is 0 Å². The fourth-order valence-electron chi connectivity index (χ4n) is 2.65. The number of pyridine rings is 2. The molecule has 1 N–H and O–H groups in total. The molecular formula is C22H21N5OS2. The second-order valence-corrected chi connectivity index (χ2v) is 8.79. The monoisotopic (exact) mass is 435 g/mol. The second kappa shape index (κ2) is 9.69. The summed E-state index contributed by atoms with van der Waals surface area (Å²) in [5, 5.41) is 4.85. The van der Waals surface area contributed by atoms with Crippen LogP contribution in [0.4, 0.5) is 10.9 Å². The third-order valence-corrected chi connectivity index (χ3v) is 5.52. The Hall–Kier alpha value is -2.97. The van der Waals surface area contributed by atoms with Gasteiger partial charge in [0.2, 0.25) is 5.13 Å². The molecule has 0 aliphatic rings. The zero-order valence-corrected chi connectivity index (χ0v) is 18.3. The van der Waals surface area contributed by atoms with Crippen molar-refractivity contribution in [2.45, 2.75) is 30.2 Å². The first-order valence-corrected chi connectivity index (χ1v) is 11.2. The van der Waals surface area contributed by atoms with Crippen molar-refractivity contribution in [1.29, 1.82) is 0 Å². The van der Waals surface area contributed by atoms with E-state index in [0.29, 0.717) is 22.6 Å². The highest BCUT2D eigenvalue weighted by molar-refractivity contribution is 7.99. The minimum absolute atomic E-state index is 0.505. The standard InChI is InChI=1S/C22H21N5OS2/c1-15(2)12-19-25-22(30-27-19)26-21-18(28-16-8-4-3-5-9-16)13-17(14-24-21)29-20-10-6-7-11-23-20/h3-11,13-15H,12H2,1-2H3,(H,24,25,26,27). The minimum atomic E-state index is 0.505. The summed E-state index contributed by atoms with van der Waals surface area (Å²) in [5.41, 5.74) is 0. The number of para-hydroxylation sites is 1.